The van der Waals surface area contributed by atoms with Gasteiger partial charge in [-0.15, -0.1) is 0 Å². The molecule has 1 amide bonds. The summed E-state index contributed by atoms with van der Waals surface area (Å²) >= 11 is 1.40. The molecule has 4 rings (SSSR count). The number of fused-ring (bicyclic) bond motifs is 2. The van der Waals surface area contributed by atoms with Crippen LogP contribution in [-0.2, 0) is 0 Å². The molecule has 2 heterocycles. The average molecular weight is 336 g/mol. The minimum atomic E-state index is -0.257. The predicted molar refractivity (Wildman–Crippen MR) is 93.7 cm³/mol. The van der Waals surface area contributed by atoms with Crippen molar-refractivity contribution >= 4 is 43.6 Å². The first-order valence-corrected chi connectivity index (χ1v) is 8.02. The summed E-state index contributed by atoms with van der Waals surface area (Å²) in [4.78, 5) is 25.5. The Morgan fingerprint density at radius 2 is 2.00 bits per heavy atom. The molecular weight excluding hydrogens is 324 g/mol. The van der Waals surface area contributed by atoms with E-state index in [2.05, 4.69) is 20.3 Å². The van der Waals surface area contributed by atoms with Crippen molar-refractivity contribution in [1.82, 2.24) is 15.0 Å². The topological polar surface area (TPSA) is 77.0 Å². The monoisotopic (exact) mass is 336 g/mol. The summed E-state index contributed by atoms with van der Waals surface area (Å²) in [5, 5.41) is 3.37. The molecule has 2 aromatic heterocycles. The van der Waals surface area contributed by atoms with E-state index in [1.165, 1.54) is 11.3 Å². The lowest BCUT2D eigenvalue weighted by Gasteiger charge is -2.04. The van der Waals surface area contributed by atoms with Crippen LogP contribution in [-0.4, -0.2) is 28.0 Å². The van der Waals surface area contributed by atoms with E-state index < -0.39 is 0 Å². The van der Waals surface area contributed by atoms with Crippen molar-refractivity contribution in [3.63, 3.8) is 0 Å². The molecule has 0 bridgehead atoms. The van der Waals surface area contributed by atoms with E-state index in [9.17, 15) is 4.79 Å². The number of amides is 1. The standard InChI is InChI=1S/C17H12N4O2S/c1-23-10-5-6-12-14(9-10)24-17(20-12)21-16(22)11-3-2-4-13-15(11)19-8-7-18-13/h2-9H,1H3,(H,20,21,22). The van der Waals surface area contributed by atoms with Gasteiger partial charge in [-0.05, 0) is 30.3 Å². The Labute approximate surface area is 141 Å². The molecule has 1 N–H and O–H groups in total. The van der Waals surface area contributed by atoms with Gasteiger partial charge in [0.05, 0.1) is 28.4 Å². The highest BCUT2D eigenvalue weighted by molar-refractivity contribution is 7.22. The molecule has 7 heteroatoms. The van der Waals surface area contributed by atoms with Gasteiger partial charge >= 0.3 is 0 Å². The van der Waals surface area contributed by atoms with Crippen molar-refractivity contribution in [2.24, 2.45) is 0 Å². The first kappa shape index (κ1) is 14.5. The first-order chi connectivity index (χ1) is 11.7. The van der Waals surface area contributed by atoms with Crippen molar-refractivity contribution in [2.75, 3.05) is 12.4 Å². The molecule has 0 saturated heterocycles. The Hall–Kier alpha value is -3.06. The summed E-state index contributed by atoms with van der Waals surface area (Å²) in [5.74, 6) is 0.500. The fourth-order valence-electron chi connectivity index (χ4n) is 2.43. The van der Waals surface area contributed by atoms with Crippen LogP contribution in [0.5, 0.6) is 5.75 Å². The summed E-state index contributed by atoms with van der Waals surface area (Å²) in [6.07, 6.45) is 3.17. The van der Waals surface area contributed by atoms with Crippen LogP contribution in [0.3, 0.4) is 0 Å². The number of carbonyl (C=O) groups is 1. The number of hydrogen-bond donors (Lipinski definition) is 1. The van der Waals surface area contributed by atoms with E-state index in [4.69, 9.17) is 4.74 Å². The van der Waals surface area contributed by atoms with Gasteiger partial charge in [0, 0.05) is 12.4 Å². The maximum Gasteiger partial charge on any atom is 0.259 e. The van der Waals surface area contributed by atoms with Crippen LogP contribution in [0.2, 0.25) is 0 Å². The van der Waals surface area contributed by atoms with Crippen molar-refractivity contribution in [3.8, 4) is 5.75 Å². The van der Waals surface area contributed by atoms with Gasteiger partial charge in [-0.1, -0.05) is 17.4 Å². The average Bonchev–Trinajstić information content (AvgIpc) is 3.02. The van der Waals surface area contributed by atoms with Gasteiger partial charge in [0.1, 0.15) is 11.3 Å². The number of aromatic nitrogens is 3. The third-order valence-corrected chi connectivity index (χ3v) is 4.49. The quantitative estimate of drug-likeness (QED) is 0.619. The van der Waals surface area contributed by atoms with Crippen LogP contribution in [0, 0.1) is 0 Å². The lowest BCUT2D eigenvalue weighted by atomic mass is 10.1. The number of rotatable bonds is 3. The summed E-state index contributed by atoms with van der Waals surface area (Å²) in [6.45, 7) is 0. The maximum absolute atomic E-state index is 12.6. The molecule has 24 heavy (non-hydrogen) atoms. The largest absolute Gasteiger partial charge is 0.497 e. The molecule has 0 aliphatic rings. The lowest BCUT2D eigenvalue weighted by molar-refractivity contribution is 0.102. The highest BCUT2D eigenvalue weighted by atomic mass is 32.1. The molecule has 4 aromatic rings. The number of nitrogens with one attached hydrogen (secondary N) is 1. The van der Waals surface area contributed by atoms with Crippen LogP contribution < -0.4 is 10.1 Å². The fourth-order valence-corrected chi connectivity index (χ4v) is 3.32. The number of para-hydroxylation sites is 1. The number of hydrogen-bond acceptors (Lipinski definition) is 6. The minimum Gasteiger partial charge on any atom is -0.497 e. The number of methoxy groups -OCH3 is 1. The molecule has 118 valence electrons. The molecule has 0 radical (unpaired) electrons. The zero-order valence-corrected chi connectivity index (χ0v) is 13.5. The molecule has 6 nitrogen and oxygen atoms in total. The van der Waals surface area contributed by atoms with Crippen molar-refractivity contribution in [2.45, 2.75) is 0 Å². The Balaban J connectivity index is 1.68. The number of ether oxygens (including phenoxy) is 1. The Bertz CT molecular complexity index is 1060. The van der Waals surface area contributed by atoms with E-state index in [1.54, 1.807) is 31.6 Å². The minimum absolute atomic E-state index is 0.257. The Kier molecular flexibility index (Phi) is 3.55. The van der Waals surface area contributed by atoms with E-state index >= 15 is 0 Å². The maximum atomic E-state index is 12.6. The zero-order valence-electron chi connectivity index (χ0n) is 12.7. The summed E-state index contributed by atoms with van der Waals surface area (Å²) < 4.78 is 6.15. The van der Waals surface area contributed by atoms with Crippen LogP contribution >= 0.6 is 11.3 Å². The molecule has 0 aliphatic heterocycles. The van der Waals surface area contributed by atoms with Crippen LogP contribution in [0.1, 0.15) is 10.4 Å². The smallest absolute Gasteiger partial charge is 0.259 e. The first-order valence-electron chi connectivity index (χ1n) is 7.20. The van der Waals surface area contributed by atoms with Crippen molar-refractivity contribution in [3.05, 3.63) is 54.4 Å². The fraction of sp³-hybridized carbons (Fsp3) is 0.0588. The van der Waals surface area contributed by atoms with Crippen molar-refractivity contribution < 1.29 is 9.53 Å². The van der Waals surface area contributed by atoms with E-state index in [1.807, 2.05) is 24.3 Å². The van der Waals surface area contributed by atoms with Gasteiger partial charge in [-0.2, -0.15) is 0 Å². The second-order valence-electron chi connectivity index (χ2n) is 5.04. The zero-order chi connectivity index (χ0) is 16.5. The van der Waals surface area contributed by atoms with Gasteiger partial charge in [0.15, 0.2) is 5.13 Å². The second kappa shape index (κ2) is 5.86. The van der Waals surface area contributed by atoms with E-state index in [0.29, 0.717) is 21.7 Å². The SMILES string of the molecule is COc1ccc2nc(NC(=O)c3cccc4nccnc34)sc2c1. The van der Waals surface area contributed by atoms with Gasteiger partial charge in [-0.3, -0.25) is 20.1 Å². The molecule has 0 spiro atoms. The number of thiazole rings is 1. The predicted octanol–water partition coefficient (Wildman–Crippen LogP) is 3.50. The van der Waals surface area contributed by atoms with Crippen molar-refractivity contribution in [1.29, 1.82) is 0 Å². The molecule has 0 saturated carbocycles. The molecule has 0 atom stereocenters. The summed E-state index contributed by atoms with van der Waals surface area (Å²) in [7, 11) is 1.62. The number of anilines is 1. The normalized spacial score (nSPS) is 10.9. The Morgan fingerprint density at radius 3 is 2.88 bits per heavy atom. The van der Waals surface area contributed by atoms with E-state index in [0.717, 1.165) is 16.0 Å². The van der Waals surface area contributed by atoms with Gasteiger partial charge < -0.3 is 4.74 Å². The van der Waals surface area contributed by atoms with Crippen LogP contribution in [0.25, 0.3) is 21.3 Å². The van der Waals surface area contributed by atoms with Crippen LogP contribution in [0.4, 0.5) is 5.13 Å². The highest BCUT2D eigenvalue weighted by Crippen LogP contribution is 2.29. The summed E-state index contributed by atoms with van der Waals surface area (Å²) in [5.41, 5.74) is 2.53. The van der Waals surface area contributed by atoms with Gasteiger partial charge in [0.25, 0.3) is 5.91 Å². The molecule has 0 unspecified atom stereocenters. The molecular formula is C17H12N4O2S. The van der Waals surface area contributed by atoms with Gasteiger partial charge in [0.2, 0.25) is 0 Å². The highest BCUT2D eigenvalue weighted by Gasteiger charge is 2.14. The number of carbonyl (C=O) groups excluding carboxylic acids is 1. The molecule has 2 aromatic carbocycles. The lowest BCUT2D eigenvalue weighted by Crippen LogP contribution is -2.12. The van der Waals surface area contributed by atoms with Gasteiger partial charge in [-0.25, -0.2) is 4.98 Å². The third kappa shape index (κ3) is 2.55. The summed E-state index contributed by atoms with van der Waals surface area (Å²) in [6, 6.07) is 10.9. The molecule has 0 aliphatic carbocycles. The van der Waals surface area contributed by atoms with E-state index in [-0.39, 0.29) is 5.91 Å². The Morgan fingerprint density at radius 1 is 1.12 bits per heavy atom. The van der Waals surface area contributed by atoms with Crippen LogP contribution in [0.15, 0.2) is 48.8 Å². The third-order valence-electron chi connectivity index (χ3n) is 3.56. The number of benzene rings is 2. The second-order valence-corrected chi connectivity index (χ2v) is 6.07. The molecule has 0 fully saturated rings. The number of nitrogens with zero attached hydrogens (tertiary/aromatic N) is 3.